The molecule has 11 heavy (non-hydrogen) atoms. The summed E-state index contributed by atoms with van der Waals surface area (Å²) in [4.78, 5) is 21.3. The summed E-state index contributed by atoms with van der Waals surface area (Å²) in [7, 11) is 0. The Labute approximate surface area is 68.0 Å². The summed E-state index contributed by atoms with van der Waals surface area (Å²) in [5.74, 6) is -0.0892. The lowest BCUT2D eigenvalue weighted by molar-refractivity contribution is -0.124. The van der Waals surface area contributed by atoms with Crippen molar-refractivity contribution >= 4 is 11.6 Å². The molecule has 0 bridgehead atoms. The van der Waals surface area contributed by atoms with Crippen LogP contribution in [0.2, 0.25) is 0 Å². The van der Waals surface area contributed by atoms with E-state index in [4.69, 9.17) is 0 Å². The molecule has 1 radical (unpaired) electrons. The van der Waals surface area contributed by atoms with Crippen LogP contribution in [0.1, 0.15) is 39.5 Å². The van der Waals surface area contributed by atoms with Crippen LogP contribution in [0.4, 0.5) is 0 Å². The minimum Gasteiger partial charge on any atom is -0.300 e. The zero-order chi connectivity index (χ0) is 8.69. The maximum atomic E-state index is 10.9. The molecule has 0 spiro atoms. The molecule has 0 aromatic rings. The third kappa shape index (κ3) is 7.23. The number of rotatable bonds is 6. The minimum atomic E-state index is -0.0530. The number of carbonyl (C=O) groups is 2. The van der Waals surface area contributed by atoms with Crippen molar-refractivity contribution in [3.8, 4) is 0 Å². The number of Topliss-reactive ketones (excluding diaryl/α,β-unsaturated/α-hetero) is 2. The molecule has 0 heterocycles. The smallest absolute Gasteiger partial charge is 0.144 e. The fraction of sp³-hybridized carbons (Fsp3) is 0.667. The predicted octanol–water partition coefficient (Wildman–Crippen LogP) is 1.93. The first kappa shape index (κ1) is 10.3. The average Bonchev–Trinajstić information content (AvgIpc) is 1.86. The van der Waals surface area contributed by atoms with Crippen LogP contribution in [-0.2, 0) is 9.59 Å². The Balaban J connectivity index is 3.30. The molecule has 0 rings (SSSR count). The summed E-state index contributed by atoms with van der Waals surface area (Å²) in [6, 6.07) is 0. The van der Waals surface area contributed by atoms with E-state index in [1.807, 2.05) is 0 Å². The lowest BCUT2D eigenvalue weighted by Gasteiger charge is -1.95. The van der Waals surface area contributed by atoms with E-state index in [0.717, 1.165) is 19.3 Å². The lowest BCUT2D eigenvalue weighted by atomic mass is 10.1. The summed E-state index contributed by atoms with van der Waals surface area (Å²) in [5, 5.41) is 0. The van der Waals surface area contributed by atoms with E-state index >= 15 is 0 Å². The van der Waals surface area contributed by atoms with Crippen molar-refractivity contribution in [3.63, 3.8) is 0 Å². The number of hydrogen-bond acceptors (Lipinski definition) is 2. The van der Waals surface area contributed by atoms with Gasteiger partial charge in [0.05, 0.1) is 6.42 Å². The topological polar surface area (TPSA) is 34.1 Å². The zero-order valence-corrected chi connectivity index (χ0v) is 7.22. The van der Waals surface area contributed by atoms with Crippen LogP contribution >= 0.6 is 0 Å². The monoisotopic (exact) mass is 155 g/mol. The van der Waals surface area contributed by atoms with Crippen LogP contribution in [0.15, 0.2) is 0 Å². The van der Waals surface area contributed by atoms with E-state index in [9.17, 15) is 9.59 Å². The Morgan fingerprint density at radius 2 is 2.00 bits per heavy atom. The van der Waals surface area contributed by atoms with Gasteiger partial charge in [0, 0.05) is 6.42 Å². The molecule has 0 aliphatic carbocycles. The molecule has 0 amide bonds. The van der Waals surface area contributed by atoms with Gasteiger partial charge in [-0.25, -0.2) is 0 Å². The number of ketones is 2. The van der Waals surface area contributed by atoms with Gasteiger partial charge in [0.25, 0.3) is 0 Å². The Kier molecular flexibility index (Phi) is 5.71. The van der Waals surface area contributed by atoms with E-state index in [-0.39, 0.29) is 18.0 Å². The second kappa shape index (κ2) is 6.08. The van der Waals surface area contributed by atoms with Crippen LogP contribution in [0.5, 0.6) is 0 Å². The highest BCUT2D eigenvalue weighted by molar-refractivity contribution is 6.02. The Morgan fingerprint density at radius 3 is 2.45 bits per heavy atom. The van der Waals surface area contributed by atoms with Gasteiger partial charge < -0.3 is 0 Å². The standard InChI is InChI=1S/C9H15O2/c1-3-4-5-6-9(11)7-8(2)10/h6H,3-5,7H2,1-2H3. The van der Waals surface area contributed by atoms with Gasteiger partial charge in [0.15, 0.2) is 0 Å². The van der Waals surface area contributed by atoms with Gasteiger partial charge in [0.1, 0.15) is 11.6 Å². The molecule has 0 aromatic carbocycles. The lowest BCUT2D eigenvalue weighted by Crippen LogP contribution is -2.04. The number of hydrogen-bond donors (Lipinski definition) is 0. The largest absolute Gasteiger partial charge is 0.300 e. The van der Waals surface area contributed by atoms with Gasteiger partial charge in [-0.1, -0.05) is 19.8 Å². The Bertz CT molecular complexity index is 138. The Hall–Kier alpha value is -0.660. The van der Waals surface area contributed by atoms with Gasteiger partial charge in [-0.2, -0.15) is 0 Å². The quantitative estimate of drug-likeness (QED) is 0.434. The molecule has 63 valence electrons. The van der Waals surface area contributed by atoms with Gasteiger partial charge in [-0.05, 0) is 13.3 Å². The van der Waals surface area contributed by atoms with Crippen molar-refractivity contribution in [1.29, 1.82) is 0 Å². The van der Waals surface area contributed by atoms with Crippen LogP contribution in [-0.4, -0.2) is 11.6 Å². The highest BCUT2D eigenvalue weighted by Gasteiger charge is 2.04. The van der Waals surface area contributed by atoms with Crippen molar-refractivity contribution in [2.24, 2.45) is 0 Å². The van der Waals surface area contributed by atoms with Crippen LogP contribution < -0.4 is 0 Å². The van der Waals surface area contributed by atoms with Crippen molar-refractivity contribution in [1.82, 2.24) is 0 Å². The second-order valence-corrected chi connectivity index (χ2v) is 2.69. The molecule has 0 N–H and O–H groups in total. The third-order valence-electron chi connectivity index (χ3n) is 1.35. The average molecular weight is 155 g/mol. The highest BCUT2D eigenvalue weighted by atomic mass is 16.1. The zero-order valence-electron chi connectivity index (χ0n) is 7.22. The summed E-state index contributed by atoms with van der Waals surface area (Å²) >= 11 is 0. The van der Waals surface area contributed by atoms with E-state index in [1.54, 1.807) is 6.42 Å². The van der Waals surface area contributed by atoms with Crippen molar-refractivity contribution in [2.45, 2.75) is 39.5 Å². The van der Waals surface area contributed by atoms with Crippen molar-refractivity contribution in [2.75, 3.05) is 0 Å². The maximum absolute atomic E-state index is 10.9. The van der Waals surface area contributed by atoms with Gasteiger partial charge >= 0.3 is 0 Å². The molecular formula is C9H15O2. The van der Waals surface area contributed by atoms with E-state index in [1.165, 1.54) is 6.92 Å². The molecule has 0 saturated heterocycles. The van der Waals surface area contributed by atoms with Gasteiger partial charge in [-0.3, -0.25) is 9.59 Å². The summed E-state index contributed by atoms with van der Waals surface area (Å²) < 4.78 is 0. The molecule has 0 aromatic heterocycles. The van der Waals surface area contributed by atoms with Crippen LogP contribution in [0.25, 0.3) is 0 Å². The molecule has 0 saturated carbocycles. The number of unbranched alkanes of at least 4 members (excludes halogenated alkanes) is 2. The fourth-order valence-electron chi connectivity index (χ4n) is 0.785. The molecule has 0 aliphatic rings. The first-order valence-corrected chi connectivity index (χ1v) is 4.02. The molecule has 2 nitrogen and oxygen atoms in total. The van der Waals surface area contributed by atoms with Gasteiger partial charge in [0.2, 0.25) is 0 Å². The molecule has 0 atom stereocenters. The van der Waals surface area contributed by atoms with Gasteiger partial charge in [-0.15, -0.1) is 0 Å². The Morgan fingerprint density at radius 1 is 1.36 bits per heavy atom. The molecule has 2 heteroatoms. The number of carbonyl (C=O) groups excluding carboxylic acids is 2. The molecule has 0 fully saturated rings. The summed E-state index contributed by atoms with van der Waals surface area (Å²) in [6.45, 7) is 3.51. The first-order valence-electron chi connectivity index (χ1n) is 4.02. The van der Waals surface area contributed by atoms with E-state index < -0.39 is 0 Å². The van der Waals surface area contributed by atoms with Crippen molar-refractivity contribution in [3.05, 3.63) is 6.42 Å². The maximum Gasteiger partial charge on any atom is 0.144 e. The molecular weight excluding hydrogens is 140 g/mol. The highest BCUT2D eigenvalue weighted by Crippen LogP contribution is 2.00. The first-order chi connectivity index (χ1) is 5.16. The normalized spacial score (nSPS) is 9.64. The van der Waals surface area contributed by atoms with Crippen molar-refractivity contribution < 1.29 is 9.59 Å². The van der Waals surface area contributed by atoms with Crippen LogP contribution in [0.3, 0.4) is 0 Å². The van der Waals surface area contributed by atoms with E-state index in [2.05, 4.69) is 6.92 Å². The molecule has 0 aliphatic heterocycles. The SMILES string of the molecule is CCCC[CH]C(=O)CC(C)=O. The van der Waals surface area contributed by atoms with E-state index in [0.29, 0.717) is 0 Å². The minimum absolute atomic E-state index is 0.0362. The fourth-order valence-corrected chi connectivity index (χ4v) is 0.785. The third-order valence-corrected chi connectivity index (χ3v) is 1.35. The summed E-state index contributed by atoms with van der Waals surface area (Å²) in [6.07, 6.45) is 4.62. The summed E-state index contributed by atoms with van der Waals surface area (Å²) in [5.41, 5.74) is 0. The second-order valence-electron chi connectivity index (χ2n) is 2.69. The van der Waals surface area contributed by atoms with Crippen LogP contribution in [0, 0.1) is 6.42 Å². The predicted molar refractivity (Wildman–Crippen MR) is 44.1 cm³/mol. The molecule has 0 unspecified atom stereocenters.